The number of nitrogens with zero attached hydrogens (tertiary/aromatic N) is 2. The minimum atomic E-state index is -0.497. The lowest BCUT2D eigenvalue weighted by atomic mass is 10.2. The average molecular weight is 306 g/mol. The number of nitrogen functional groups attached to an aromatic ring is 1. The zero-order valence-corrected chi connectivity index (χ0v) is 11.6. The number of fused-ring (bicyclic) bond motifs is 1. The highest BCUT2D eigenvalue weighted by Gasteiger charge is 2.15. The highest BCUT2D eigenvalue weighted by Crippen LogP contribution is 2.34. The summed E-state index contributed by atoms with van der Waals surface area (Å²) in [6, 6.07) is 10.1. The van der Waals surface area contributed by atoms with Crippen molar-refractivity contribution < 1.29 is 4.92 Å². The fraction of sp³-hybridized carbons (Fsp3) is 0. The third-order valence-electron chi connectivity index (χ3n) is 2.82. The quantitative estimate of drug-likeness (QED) is 0.439. The van der Waals surface area contributed by atoms with Crippen molar-refractivity contribution in [1.29, 1.82) is 0 Å². The van der Waals surface area contributed by atoms with Gasteiger partial charge in [-0.25, -0.2) is 4.98 Å². The maximum atomic E-state index is 10.9. The molecule has 2 N–H and O–H groups in total. The molecule has 1 aromatic heterocycles. The molecule has 1 heterocycles. The van der Waals surface area contributed by atoms with Crippen LogP contribution in [0.4, 0.5) is 11.4 Å². The number of aromatic nitrogens is 1. The first-order valence-electron chi connectivity index (χ1n) is 5.65. The van der Waals surface area contributed by atoms with Crippen molar-refractivity contribution in [2.24, 2.45) is 0 Å². The van der Waals surface area contributed by atoms with E-state index in [4.69, 9.17) is 17.3 Å². The van der Waals surface area contributed by atoms with E-state index in [-0.39, 0.29) is 11.4 Å². The standard InChI is InChI=1S/C13H8ClN3O2S/c14-8-2-4-10-12(6-8)20-13(16-10)7-1-3-9(15)11(5-7)17(18)19/h1-6H,15H2. The lowest BCUT2D eigenvalue weighted by Crippen LogP contribution is -1.95. The van der Waals surface area contributed by atoms with E-state index in [1.807, 2.05) is 12.1 Å². The molecule has 0 aliphatic heterocycles. The number of thiazole rings is 1. The summed E-state index contributed by atoms with van der Waals surface area (Å²) >= 11 is 7.37. The molecule has 2 aromatic carbocycles. The van der Waals surface area contributed by atoms with Crippen LogP contribution >= 0.6 is 22.9 Å². The van der Waals surface area contributed by atoms with Gasteiger partial charge in [-0.2, -0.15) is 0 Å². The Bertz CT molecular complexity index is 832. The van der Waals surface area contributed by atoms with Gasteiger partial charge in [0.1, 0.15) is 10.7 Å². The van der Waals surface area contributed by atoms with Crippen LogP contribution < -0.4 is 5.73 Å². The fourth-order valence-electron chi connectivity index (χ4n) is 1.86. The van der Waals surface area contributed by atoms with Crippen LogP contribution in [0, 0.1) is 10.1 Å². The Balaban J connectivity index is 2.15. The molecule has 100 valence electrons. The molecule has 0 bridgehead atoms. The van der Waals surface area contributed by atoms with Gasteiger partial charge in [-0.05, 0) is 30.3 Å². The molecule has 0 fully saturated rings. The number of halogens is 1. The monoisotopic (exact) mass is 305 g/mol. The summed E-state index contributed by atoms with van der Waals surface area (Å²) in [5.41, 5.74) is 7.10. The zero-order valence-electron chi connectivity index (χ0n) is 10.0. The fourth-order valence-corrected chi connectivity index (χ4v) is 3.09. The summed E-state index contributed by atoms with van der Waals surface area (Å²) in [6.45, 7) is 0. The van der Waals surface area contributed by atoms with Crippen LogP contribution in [-0.2, 0) is 0 Å². The highest BCUT2D eigenvalue weighted by atomic mass is 35.5. The predicted octanol–water partition coefficient (Wildman–Crippen LogP) is 4.11. The van der Waals surface area contributed by atoms with Gasteiger partial charge in [0, 0.05) is 16.7 Å². The molecule has 3 aromatic rings. The molecule has 0 aliphatic carbocycles. The van der Waals surface area contributed by atoms with Crippen molar-refractivity contribution in [1.82, 2.24) is 4.98 Å². The van der Waals surface area contributed by atoms with Crippen LogP contribution in [0.15, 0.2) is 36.4 Å². The van der Waals surface area contributed by atoms with Gasteiger partial charge < -0.3 is 5.73 Å². The molecule has 0 atom stereocenters. The van der Waals surface area contributed by atoms with Crippen molar-refractivity contribution in [2.75, 3.05) is 5.73 Å². The Morgan fingerprint density at radius 2 is 2.05 bits per heavy atom. The Kier molecular flexibility index (Phi) is 3.04. The van der Waals surface area contributed by atoms with Crippen LogP contribution in [0.25, 0.3) is 20.8 Å². The van der Waals surface area contributed by atoms with Gasteiger partial charge in [0.05, 0.1) is 15.1 Å². The molecule has 0 spiro atoms. The minimum absolute atomic E-state index is 0.111. The van der Waals surface area contributed by atoms with Gasteiger partial charge in [-0.15, -0.1) is 11.3 Å². The van der Waals surface area contributed by atoms with Gasteiger partial charge in [-0.1, -0.05) is 11.6 Å². The summed E-state index contributed by atoms with van der Waals surface area (Å²) in [5.74, 6) is 0. The van der Waals surface area contributed by atoms with Crippen LogP contribution in [0.5, 0.6) is 0 Å². The minimum Gasteiger partial charge on any atom is -0.393 e. The maximum Gasteiger partial charge on any atom is 0.292 e. The smallest absolute Gasteiger partial charge is 0.292 e. The summed E-state index contributed by atoms with van der Waals surface area (Å²) in [7, 11) is 0. The van der Waals surface area contributed by atoms with Gasteiger partial charge in [0.25, 0.3) is 5.69 Å². The normalized spacial score (nSPS) is 10.8. The van der Waals surface area contributed by atoms with E-state index < -0.39 is 4.92 Å². The molecule has 5 nitrogen and oxygen atoms in total. The molecule has 0 unspecified atom stereocenters. The van der Waals surface area contributed by atoms with Gasteiger partial charge in [0.15, 0.2) is 0 Å². The Morgan fingerprint density at radius 1 is 1.25 bits per heavy atom. The first kappa shape index (κ1) is 12.8. The number of hydrogen-bond donors (Lipinski definition) is 1. The van der Waals surface area contributed by atoms with E-state index in [0.29, 0.717) is 15.6 Å². The molecular weight excluding hydrogens is 298 g/mol. The van der Waals surface area contributed by atoms with Gasteiger partial charge in [0.2, 0.25) is 0 Å². The van der Waals surface area contributed by atoms with Crippen molar-refractivity contribution in [3.8, 4) is 10.6 Å². The number of nitro benzene ring substituents is 1. The third-order valence-corrected chi connectivity index (χ3v) is 4.13. The van der Waals surface area contributed by atoms with Crippen LogP contribution in [0.1, 0.15) is 0 Å². The summed E-state index contributed by atoms with van der Waals surface area (Å²) < 4.78 is 0.937. The molecule has 7 heteroatoms. The zero-order chi connectivity index (χ0) is 14.3. The molecule has 0 saturated heterocycles. The van der Waals surface area contributed by atoms with E-state index in [1.54, 1.807) is 12.1 Å². The van der Waals surface area contributed by atoms with Crippen molar-refractivity contribution >= 4 is 44.5 Å². The molecule has 0 saturated carbocycles. The third kappa shape index (κ3) is 2.19. The summed E-state index contributed by atoms with van der Waals surface area (Å²) in [6.07, 6.45) is 0. The van der Waals surface area contributed by atoms with Crippen LogP contribution in [0.2, 0.25) is 5.02 Å². The van der Waals surface area contributed by atoms with Gasteiger partial charge >= 0.3 is 0 Å². The van der Waals surface area contributed by atoms with Crippen molar-refractivity contribution in [2.45, 2.75) is 0 Å². The highest BCUT2D eigenvalue weighted by molar-refractivity contribution is 7.21. The van der Waals surface area contributed by atoms with Crippen molar-refractivity contribution in [3.63, 3.8) is 0 Å². The second-order valence-corrected chi connectivity index (χ2v) is 5.63. The Hall–Kier alpha value is -2.18. The lowest BCUT2D eigenvalue weighted by molar-refractivity contribution is -0.383. The molecule has 3 rings (SSSR count). The lowest BCUT2D eigenvalue weighted by Gasteiger charge is -1.99. The number of hydrogen-bond acceptors (Lipinski definition) is 5. The van der Waals surface area contributed by atoms with E-state index in [1.165, 1.54) is 23.5 Å². The van der Waals surface area contributed by atoms with Crippen LogP contribution in [0.3, 0.4) is 0 Å². The Morgan fingerprint density at radius 3 is 2.80 bits per heavy atom. The number of nitro groups is 1. The first-order valence-corrected chi connectivity index (χ1v) is 6.84. The molecular formula is C13H8ClN3O2S. The molecule has 0 amide bonds. The second-order valence-electron chi connectivity index (χ2n) is 4.16. The SMILES string of the molecule is Nc1ccc(-c2nc3ccc(Cl)cc3s2)cc1[N+](=O)[O-]. The molecule has 0 radical (unpaired) electrons. The number of nitrogens with two attached hydrogens (primary N) is 1. The maximum absolute atomic E-state index is 10.9. The summed E-state index contributed by atoms with van der Waals surface area (Å²) in [5, 5.41) is 12.2. The summed E-state index contributed by atoms with van der Waals surface area (Å²) in [4.78, 5) is 14.9. The van der Waals surface area contributed by atoms with E-state index >= 15 is 0 Å². The van der Waals surface area contributed by atoms with E-state index in [2.05, 4.69) is 4.98 Å². The molecule has 0 aliphatic rings. The predicted molar refractivity (Wildman–Crippen MR) is 81.1 cm³/mol. The second kappa shape index (κ2) is 4.73. The van der Waals surface area contributed by atoms with Crippen molar-refractivity contribution in [3.05, 3.63) is 51.5 Å². The first-order chi connectivity index (χ1) is 9.54. The number of benzene rings is 2. The van der Waals surface area contributed by atoms with E-state index in [9.17, 15) is 10.1 Å². The molecule has 20 heavy (non-hydrogen) atoms. The largest absolute Gasteiger partial charge is 0.393 e. The Labute approximate surface area is 122 Å². The average Bonchev–Trinajstić information content (AvgIpc) is 2.81. The topological polar surface area (TPSA) is 82.0 Å². The van der Waals surface area contributed by atoms with Crippen LogP contribution in [-0.4, -0.2) is 9.91 Å². The number of anilines is 1. The number of rotatable bonds is 2. The van der Waals surface area contributed by atoms with Gasteiger partial charge in [-0.3, -0.25) is 10.1 Å². The van der Waals surface area contributed by atoms with E-state index in [0.717, 1.165) is 10.2 Å².